The fraction of sp³-hybridized carbons (Fsp3) is 0.433. The molecule has 7 rings (SSSR count). The summed E-state index contributed by atoms with van der Waals surface area (Å²) >= 11 is 0. The third-order valence-corrected chi connectivity index (χ3v) is 9.95. The Labute approximate surface area is 257 Å². The third kappa shape index (κ3) is 5.01. The molecule has 15 heteroatoms. The lowest BCUT2D eigenvalue weighted by Crippen LogP contribution is -2.43. The van der Waals surface area contributed by atoms with Gasteiger partial charge in [-0.05, 0) is 59.7 Å². The van der Waals surface area contributed by atoms with Crippen molar-refractivity contribution in [3.05, 3.63) is 82.2 Å². The number of carbonyl (C=O) groups is 1. The molecule has 1 fully saturated rings. The average Bonchev–Trinajstić information content (AvgIpc) is 3.67. The summed E-state index contributed by atoms with van der Waals surface area (Å²) < 4.78 is 70.5. The first-order chi connectivity index (χ1) is 21.2. The van der Waals surface area contributed by atoms with Crippen LogP contribution in [-0.2, 0) is 54.7 Å². The Morgan fingerprint density at radius 1 is 1.09 bits per heavy atom. The molecule has 2 aliphatic heterocycles. The zero-order valence-electron chi connectivity index (χ0n) is 24.9. The zero-order valence-corrected chi connectivity index (χ0v) is 25.7. The van der Waals surface area contributed by atoms with Crippen LogP contribution in [-0.4, -0.2) is 61.6 Å². The predicted molar refractivity (Wildman–Crippen MR) is 156 cm³/mol. The number of sulfone groups is 1. The van der Waals surface area contributed by atoms with Gasteiger partial charge in [-0.25, -0.2) is 18.1 Å². The van der Waals surface area contributed by atoms with E-state index in [0.29, 0.717) is 36.1 Å². The van der Waals surface area contributed by atoms with Gasteiger partial charge in [0.2, 0.25) is 9.84 Å². The molecule has 0 atom stereocenters. The summed E-state index contributed by atoms with van der Waals surface area (Å²) in [6, 6.07) is 10.1. The van der Waals surface area contributed by atoms with E-state index in [9.17, 15) is 26.4 Å². The summed E-state index contributed by atoms with van der Waals surface area (Å²) in [4.78, 5) is 21.2. The van der Waals surface area contributed by atoms with E-state index in [1.807, 2.05) is 34.7 Å². The number of anilines is 1. The Kier molecular flexibility index (Phi) is 6.71. The molecule has 2 aromatic heterocycles. The molecule has 0 bridgehead atoms. The minimum atomic E-state index is -4.66. The maximum Gasteiger partial charge on any atom is 0.416 e. The highest BCUT2D eigenvalue weighted by Crippen LogP contribution is 2.52. The quantitative estimate of drug-likeness (QED) is 0.313. The van der Waals surface area contributed by atoms with Crippen LogP contribution < -0.4 is 4.90 Å². The molecule has 4 heterocycles. The van der Waals surface area contributed by atoms with Gasteiger partial charge in [0.05, 0.1) is 30.6 Å². The highest BCUT2D eigenvalue weighted by Gasteiger charge is 2.48. The summed E-state index contributed by atoms with van der Waals surface area (Å²) in [6.07, 6.45) is -0.289. The lowest BCUT2D eigenvalue weighted by molar-refractivity contribution is -0.138. The zero-order chi connectivity index (χ0) is 31.9. The van der Waals surface area contributed by atoms with Gasteiger partial charge >= 0.3 is 6.18 Å². The van der Waals surface area contributed by atoms with E-state index in [2.05, 4.69) is 27.2 Å². The van der Waals surface area contributed by atoms with Gasteiger partial charge in [0.15, 0.2) is 0 Å². The number of benzene rings is 2. The van der Waals surface area contributed by atoms with E-state index in [-0.39, 0.29) is 41.3 Å². The molecule has 1 aliphatic carbocycles. The third-order valence-electron chi connectivity index (χ3n) is 9.11. The number of alkyl halides is 3. The molecule has 0 saturated heterocycles. The Bertz CT molecular complexity index is 1950. The fourth-order valence-corrected chi connectivity index (χ4v) is 7.62. The second-order valence-electron chi connectivity index (χ2n) is 12.5. The number of aromatic nitrogens is 6. The molecule has 45 heavy (non-hydrogen) atoms. The smallest absolute Gasteiger partial charge is 0.320 e. The van der Waals surface area contributed by atoms with E-state index in [1.54, 1.807) is 18.5 Å². The van der Waals surface area contributed by atoms with Crippen molar-refractivity contribution in [3.63, 3.8) is 0 Å². The van der Waals surface area contributed by atoms with Crippen LogP contribution in [0.5, 0.6) is 0 Å². The van der Waals surface area contributed by atoms with E-state index < -0.39 is 27.5 Å². The molecule has 1 amide bonds. The highest BCUT2D eigenvalue weighted by molar-refractivity contribution is 7.90. The first-order valence-corrected chi connectivity index (χ1v) is 16.5. The summed E-state index contributed by atoms with van der Waals surface area (Å²) in [5.74, 6) is 1.22. The van der Waals surface area contributed by atoms with E-state index in [1.165, 1.54) is 9.58 Å². The molecule has 0 N–H and O–H groups in total. The first kappa shape index (κ1) is 29.6. The van der Waals surface area contributed by atoms with Gasteiger partial charge < -0.3 is 9.47 Å². The van der Waals surface area contributed by atoms with Gasteiger partial charge in [0.25, 0.3) is 11.1 Å². The molecule has 4 aromatic rings. The molecule has 3 aliphatic rings. The van der Waals surface area contributed by atoms with Crippen LogP contribution in [0.2, 0.25) is 0 Å². The average molecular weight is 641 g/mol. The van der Waals surface area contributed by atoms with Gasteiger partial charge in [-0.3, -0.25) is 9.69 Å². The van der Waals surface area contributed by atoms with E-state index in [0.717, 1.165) is 36.6 Å². The number of fused-ring (bicyclic) bond motifs is 2. The van der Waals surface area contributed by atoms with Gasteiger partial charge in [-0.1, -0.05) is 19.1 Å². The van der Waals surface area contributed by atoms with Crippen LogP contribution >= 0.6 is 0 Å². The first-order valence-electron chi connectivity index (χ1n) is 14.6. The topological polar surface area (TPSA) is 119 Å². The lowest BCUT2D eigenvalue weighted by atomic mass is 9.58. The van der Waals surface area contributed by atoms with Crippen molar-refractivity contribution in [2.24, 2.45) is 13.0 Å². The largest absolute Gasteiger partial charge is 0.416 e. The molecule has 2 aromatic carbocycles. The minimum Gasteiger partial charge on any atom is -0.320 e. The summed E-state index contributed by atoms with van der Waals surface area (Å²) in [6.45, 7) is 3.07. The summed E-state index contributed by atoms with van der Waals surface area (Å²) in [5.41, 5.74) is 0.591. The van der Waals surface area contributed by atoms with Gasteiger partial charge in [0.1, 0.15) is 18.0 Å². The monoisotopic (exact) mass is 640 g/mol. The second-order valence-corrected chi connectivity index (χ2v) is 14.4. The summed E-state index contributed by atoms with van der Waals surface area (Å²) in [7, 11) is -1.71. The van der Waals surface area contributed by atoms with Gasteiger partial charge in [0, 0.05) is 37.6 Å². The van der Waals surface area contributed by atoms with Crippen molar-refractivity contribution in [1.29, 1.82) is 0 Å². The number of aryl methyl sites for hydroxylation is 1. The normalized spacial score (nSPS) is 22.0. The van der Waals surface area contributed by atoms with Crippen LogP contribution in [0.4, 0.5) is 18.9 Å². The van der Waals surface area contributed by atoms with Crippen molar-refractivity contribution in [2.45, 2.75) is 62.7 Å². The Hall–Kier alpha value is -4.11. The molecule has 0 unspecified atom stereocenters. The highest BCUT2D eigenvalue weighted by atomic mass is 32.2. The van der Waals surface area contributed by atoms with E-state index >= 15 is 0 Å². The molecule has 11 nitrogen and oxygen atoms in total. The van der Waals surface area contributed by atoms with Crippen molar-refractivity contribution >= 4 is 21.4 Å². The Morgan fingerprint density at radius 2 is 1.87 bits per heavy atom. The molecular weight excluding hydrogens is 609 g/mol. The molecular formula is C30H31F3N8O3S. The standard InChI is InChI=1S/C30H31F3N8O3S/c1-18-12-29(13-18,27-36-34-17-38(27)2)20-5-4-6-21(11-20)40-15-23-22(26(40)42)9-19(10-24(23)30(31,32)33)14-39-7-8-41-25(16-39)35-28(37-41)45(3,43)44/h4-6,9-11,17-18H,7-8,12-16H2,1-3H3. The predicted octanol–water partition coefficient (Wildman–Crippen LogP) is 3.72. The van der Waals surface area contributed by atoms with Crippen molar-refractivity contribution < 1.29 is 26.4 Å². The van der Waals surface area contributed by atoms with Crippen LogP contribution in [0.3, 0.4) is 0 Å². The molecule has 0 radical (unpaired) electrons. The molecule has 1 saturated carbocycles. The van der Waals surface area contributed by atoms with Gasteiger partial charge in [-0.15, -0.1) is 15.3 Å². The van der Waals surface area contributed by atoms with Crippen molar-refractivity contribution in [3.8, 4) is 0 Å². The number of rotatable bonds is 6. The van der Waals surface area contributed by atoms with Gasteiger partial charge in [-0.2, -0.15) is 13.2 Å². The number of hydrogen-bond donors (Lipinski definition) is 0. The second kappa shape index (κ2) is 10.2. The number of carbonyl (C=O) groups excluding carboxylic acids is 1. The number of nitrogens with zero attached hydrogens (tertiary/aromatic N) is 8. The number of amides is 1. The molecule has 236 valence electrons. The van der Waals surface area contributed by atoms with E-state index in [4.69, 9.17) is 0 Å². The summed E-state index contributed by atoms with van der Waals surface area (Å²) in [5, 5.41) is 12.2. The van der Waals surface area contributed by atoms with Crippen molar-refractivity contribution in [2.75, 3.05) is 17.7 Å². The minimum absolute atomic E-state index is 0.0325. The Morgan fingerprint density at radius 3 is 2.53 bits per heavy atom. The van der Waals surface area contributed by atoms with Crippen molar-refractivity contribution in [1.82, 2.24) is 34.4 Å². The van der Waals surface area contributed by atoms with Crippen LogP contribution in [0.1, 0.15) is 64.0 Å². The maximum atomic E-state index is 14.4. The SMILES string of the molecule is CC1CC(c2cccc(N3Cc4c(cc(CN5CCn6nc(S(C)(=O)=O)nc6C5)cc4C(F)(F)F)C3=O)c2)(c2nncn2C)C1. The van der Waals surface area contributed by atoms with Crippen LogP contribution in [0, 0.1) is 5.92 Å². The lowest BCUT2D eigenvalue weighted by Gasteiger charge is -2.46. The maximum absolute atomic E-state index is 14.4. The Balaban J connectivity index is 1.19. The van der Waals surface area contributed by atoms with Crippen LogP contribution in [0.15, 0.2) is 47.9 Å². The molecule has 0 spiro atoms. The number of hydrogen-bond acceptors (Lipinski definition) is 8. The fourth-order valence-electron chi connectivity index (χ4n) is 7.10. The van der Waals surface area contributed by atoms with Crippen LogP contribution in [0.25, 0.3) is 0 Å². The number of halogens is 3.